The van der Waals surface area contributed by atoms with Crippen molar-refractivity contribution >= 4 is 29.2 Å². The van der Waals surface area contributed by atoms with Crippen LogP contribution in [0.2, 0.25) is 5.15 Å². The van der Waals surface area contributed by atoms with E-state index < -0.39 is 0 Å². The van der Waals surface area contributed by atoms with Gasteiger partial charge in [0.05, 0.1) is 0 Å². The summed E-state index contributed by atoms with van der Waals surface area (Å²) in [5.74, 6) is 1.41. The Labute approximate surface area is 170 Å². The van der Waals surface area contributed by atoms with Gasteiger partial charge in [-0.25, -0.2) is 9.97 Å². The van der Waals surface area contributed by atoms with Crippen molar-refractivity contribution in [3.63, 3.8) is 0 Å². The maximum atomic E-state index is 6.33. The number of fused-ring (bicyclic) bond motifs is 1. The third kappa shape index (κ3) is 4.15. The molecule has 0 aliphatic carbocycles. The molecule has 7 nitrogen and oxygen atoms in total. The number of nitrogens with zero attached hydrogens (tertiary/aromatic N) is 5. The highest BCUT2D eigenvalue weighted by Crippen LogP contribution is 2.29. The second-order valence-electron chi connectivity index (χ2n) is 6.80. The number of nitrogens with two attached hydrogens (primary N) is 1. The summed E-state index contributed by atoms with van der Waals surface area (Å²) < 4.78 is 5.17. The molecule has 0 aromatic carbocycles. The Bertz CT molecular complexity index is 937. The first kappa shape index (κ1) is 20.2. The second-order valence-corrected chi connectivity index (χ2v) is 7.16. The molecule has 0 radical (unpaired) electrons. The summed E-state index contributed by atoms with van der Waals surface area (Å²) in [5.41, 5.74) is 11.7. The summed E-state index contributed by atoms with van der Waals surface area (Å²) in [6.07, 6.45) is 4.47. The number of aliphatic imine (C=N–C) groups is 1. The number of anilines is 1. The molecule has 0 fully saturated rings. The molecule has 1 aliphatic heterocycles. The predicted molar refractivity (Wildman–Crippen MR) is 113 cm³/mol. The third-order valence-corrected chi connectivity index (χ3v) is 5.08. The monoisotopic (exact) mass is 400 g/mol. The molecule has 28 heavy (non-hydrogen) atoms. The van der Waals surface area contributed by atoms with Crippen LogP contribution in [0.4, 0.5) is 5.82 Å². The predicted octanol–water partition coefficient (Wildman–Crippen LogP) is 2.93. The van der Waals surface area contributed by atoms with Crippen LogP contribution in [0.3, 0.4) is 0 Å². The number of methoxy groups -OCH3 is 1. The maximum Gasteiger partial charge on any atom is 0.158 e. The van der Waals surface area contributed by atoms with Gasteiger partial charge in [0.15, 0.2) is 5.82 Å². The molecule has 2 N–H and O–H groups in total. The molecule has 0 spiro atoms. The van der Waals surface area contributed by atoms with Crippen LogP contribution < -0.4 is 10.6 Å². The van der Waals surface area contributed by atoms with Crippen molar-refractivity contribution in [2.75, 3.05) is 25.6 Å². The van der Waals surface area contributed by atoms with Gasteiger partial charge < -0.3 is 15.4 Å². The van der Waals surface area contributed by atoms with Crippen LogP contribution in [-0.4, -0.2) is 41.9 Å². The summed E-state index contributed by atoms with van der Waals surface area (Å²) in [6, 6.07) is 2.13. The van der Waals surface area contributed by atoms with Crippen molar-refractivity contribution in [2.45, 2.75) is 33.4 Å². The molecule has 2 aromatic heterocycles. The van der Waals surface area contributed by atoms with E-state index in [9.17, 15) is 0 Å². The first-order chi connectivity index (χ1) is 13.4. The van der Waals surface area contributed by atoms with E-state index in [1.807, 2.05) is 20.0 Å². The van der Waals surface area contributed by atoms with E-state index >= 15 is 0 Å². The van der Waals surface area contributed by atoms with Gasteiger partial charge in [-0.2, -0.15) is 0 Å². The summed E-state index contributed by atoms with van der Waals surface area (Å²) in [4.78, 5) is 20.0. The summed E-state index contributed by atoms with van der Waals surface area (Å²) in [7, 11) is 3.35. The topological polar surface area (TPSA) is 89.5 Å². The zero-order valence-corrected chi connectivity index (χ0v) is 17.4. The van der Waals surface area contributed by atoms with Crippen molar-refractivity contribution in [3.05, 3.63) is 51.3 Å². The second kappa shape index (κ2) is 8.67. The highest BCUT2D eigenvalue weighted by atomic mass is 35.5. The Morgan fingerprint density at radius 3 is 2.89 bits per heavy atom. The number of pyridine rings is 1. The molecular formula is C20H25ClN6O. The largest absolute Gasteiger partial charge is 0.402 e. The minimum atomic E-state index is 0.323. The average molecular weight is 401 g/mol. The standard InChI is InChI=1S/C20H25ClN6O/c1-12-19(21)25-18(11-28-4)26-20(12)27-6-5-17-15(10-27)7-14(8-24-17)16(9-23-3)13(2)22/h7-9H,5-6,10-11,22H2,1-4H3/b16-13+,23-9?. The Morgan fingerprint density at radius 1 is 1.43 bits per heavy atom. The van der Waals surface area contributed by atoms with E-state index in [-0.39, 0.29) is 0 Å². The number of ether oxygens (including phenoxy) is 1. The Hall–Kier alpha value is -2.51. The summed E-state index contributed by atoms with van der Waals surface area (Å²) >= 11 is 6.33. The lowest BCUT2D eigenvalue weighted by molar-refractivity contribution is 0.178. The first-order valence-electron chi connectivity index (χ1n) is 9.08. The fraction of sp³-hybridized carbons (Fsp3) is 0.400. The van der Waals surface area contributed by atoms with Gasteiger partial charge in [0.1, 0.15) is 17.6 Å². The van der Waals surface area contributed by atoms with Gasteiger partial charge in [-0.15, -0.1) is 0 Å². The molecule has 0 bridgehead atoms. The molecule has 0 atom stereocenters. The van der Waals surface area contributed by atoms with Crippen LogP contribution in [0.15, 0.2) is 23.0 Å². The molecule has 0 amide bonds. The van der Waals surface area contributed by atoms with E-state index in [1.54, 1.807) is 20.4 Å². The highest BCUT2D eigenvalue weighted by Gasteiger charge is 2.22. The minimum absolute atomic E-state index is 0.323. The fourth-order valence-corrected chi connectivity index (χ4v) is 3.49. The van der Waals surface area contributed by atoms with Crippen LogP contribution in [0.1, 0.15) is 35.1 Å². The minimum Gasteiger partial charge on any atom is -0.402 e. The number of aromatic nitrogens is 3. The van der Waals surface area contributed by atoms with Gasteiger partial charge in [-0.3, -0.25) is 9.98 Å². The van der Waals surface area contributed by atoms with Crippen molar-refractivity contribution in [1.29, 1.82) is 0 Å². The number of hydrogen-bond acceptors (Lipinski definition) is 7. The molecule has 0 saturated carbocycles. The van der Waals surface area contributed by atoms with Gasteiger partial charge in [0, 0.05) is 74.2 Å². The van der Waals surface area contributed by atoms with Crippen molar-refractivity contribution in [3.8, 4) is 0 Å². The maximum absolute atomic E-state index is 6.33. The fourth-order valence-electron chi connectivity index (χ4n) is 3.31. The molecule has 2 aromatic rings. The van der Waals surface area contributed by atoms with E-state index in [4.69, 9.17) is 22.1 Å². The molecule has 0 unspecified atom stereocenters. The van der Waals surface area contributed by atoms with E-state index in [1.165, 1.54) is 0 Å². The smallest absolute Gasteiger partial charge is 0.158 e. The Balaban J connectivity index is 1.96. The molecule has 148 valence electrons. The van der Waals surface area contributed by atoms with Crippen molar-refractivity contribution in [2.24, 2.45) is 10.7 Å². The van der Waals surface area contributed by atoms with Crippen molar-refractivity contribution < 1.29 is 4.74 Å². The molecule has 0 saturated heterocycles. The zero-order valence-electron chi connectivity index (χ0n) is 16.7. The normalized spacial score (nSPS) is 15.0. The molecule has 8 heteroatoms. The van der Waals surface area contributed by atoms with Crippen LogP contribution in [-0.2, 0) is 24.3 Å². The summed E-state index contributed by atoms with van der Waals surface area (Å²) in [6.45, 7) is 5.64. The molecular weight excluding hydrogens is 376 g/mol. The van der Waals surface area contributed by atoms with E-state index in [2.05, 4.69) is 30.9 Å². The van der Waals surface area contributed by atoms with Crippen molar-refractivity contribution in [1.82, 2.24) is 15.0 Å². The average Bonchev–Trinajstić information content (AvgIpc) is 2.68. The van der Waals surface area contributed by atoms with Crippen LogP contribution >= 0.6 is 11.6 Å². The van der Waals surface area contributed by atoms with Gasteiger partial charge in [0.2, 0.25) is 0 Å². The lowest BCUT2D eigenvalue weighted by Crippen LogP contribution is -2.32. The van der Waals surface area contributed by atoms with Gasteiger partial charge in [-0.1, -0.05) is 11.6 Å². The SMILES string of the molecule is CN=C/C(=C(/C)N)c1cnc2c(c1)CN(c1nc(COC)nc(Cl)c1C)CC2. The number of halogens is 1. The quantitative estimate of drug-likeness (QED) is 0.613. The van der Waals surface area contributed by atoms with Gasteiger partial charge in [0.25, 0.3) is 0 Å². The van der Waals surface area contributed by atoms with Crippen LogP contribution in [0, 0.1) is 6.92 Å². The summed E-state index contributed by atoms with van der Waals surface area (Å²) in [5, 5.41) is 0.456. The molecule has 3 heterocycles. The molecule has 3 rings (SSSR count). The Morgan fingerprint density at radius 2 is 2.21 bits per heavy atom. The third-order valence-electron chi connectivity index (χ3n) is 4.71. The molecule has 1 aliphatic rings. The van der Waals surface area contributed by atoms with E-state index in [0.717, 1.165) is 46.7 Å². The Kier molecular flexibility index (Phi) is 6.26. The lowest BCUT2D eigenvalue weighted by atomic mass is 9.99. The van der Waals surface area contributed by atoms with Gasteiger partial charge >= 0.3 is 0 Å². The number of hydrogen-bond donors (Lipinski definition) is 1. The number of rotatable bonds is 5. The highest BCUT2D eigenvalue weighted by molar-refractivity contribution is 6.30. The van der Waals surface area contributed by atoms with Gasteiger partial charge in [-0.05, 0) is 25.5 Å². The van der Waals surface area contributed by atoms with Crippen LogP contribution in [0.25, 0.3) is 5.57 Å². The zero-order chi connectivity index (χ0) is 20.3. The first-order valence-corrected chi connectivity index (χ1v) is 9.46. The van der Waals surface area contributed by atoms with E-state index in [0.29, 0.717) is 29.8 Å². The lowest BCUT2D eigenvalue weighted by Gasteiger charge is -2.31. The van der Waals surface area contributed by atoms with Crippen LogP contribution in [0.5, 0.6) is 0 Å². The number of allylic oxidation sites excluding steroid dienone is 2.